The van der Waals surface area contributed by atoms with E-state index < -0.39 is 30.1 Å². The van der Waals surface area contributed by atoms with Gasteiger partial charge in [0.2, 0.25) is 5.91 Å². The molecule has 0 saturated carbocycles. The van der Waals surface area contributed by atoms with Gasteiger partial charge in [-0.15, -0.1) is 0 Å². The number of nitrogens with one attached hydrogen (secondary N) is 2. The number of aliphatic carboxylic acids is 1. The van der Waals surface area contributed by atoms with E-state index >= 15 is 0 Å². The molecule has 0 saturated heterocycles. The minimum atomic E-state index is -1.08. The molecule has 0 aliphatic heterocycles. The summed E-state index contributed by atoms with van der Waals surface area (Å²) in [6.07, 6.45) is 1.50. The van der Waals surface area contributed by atoms with Crippen molar-refractivity contribution in [3.63, 3.8) is 0 Å². The van der Waals surface area contributed by atoms with Crippen LogP contribution >= 0.6 is 0 Å². The predicted octanol–water partition coefficient (Wildman–Crippen LogP) is 3.22. The van der Waals surface area contributed by atoms with E-state index in [1.54, 1.807) is 19.1 Å². The van der Waals surface area contributed by atoms with Crippen LogP contribution in [0.25, 0.3) is 0 Å². The van der Waals surface area contributed by atoms with E-state index in [-0.39, 0.29) is 18.1 Å². The van der Waals surface area contributed by atoms with Crippen LogP contribution in [0, 0.1) is 0 Å². The number of aliphatic hydroxyl groups excluding tert-OH is 1. The SMILES string of the molecule is CC[C@@H](CC(O)C(C)NC(=O)C(CC(=O)O)NCCCc1ccc(OC)c(O)c1)c1ccccc1. The van der Waals surface area contributed by atoms with Gasteiger partial charge in [0, 0.05) is 0 Å². The van der Waals surface area contributed by atoms with Crippen LogP contribution in [0.2, 0.25) is 0 Å². The number of carbonyl (C=O) groups excluding carboxylic acids is 1. The molecule has 3 unspecified atom stereocenters. The van der Waals surface area contributed by atoms with Gasteiger partial charge < -0.3 is 30.7 Å². The molecule has 0 heterocycles. The number of hydrogen-bond donors (Lipinski definition) is 5. The number of carboxylic acid groups (broad SMARTS) is 1. The zero-order valence-electron chi connectivity index (χ0n) is 20.7. The van der Waals surface area contributed by atoms with Gasteiger partial charge in [0.05, 0.1) is 31.7 Å². The number of rotatable bonds is 15. The van der Waals surface area contributed by atoms with Gasteiger partial charge >= 0.3 is 5.97 Å². The van der Waals surface area contributed by atoms with E-state index in [4.69, 9.17) is 4.74 Å². The number of hydrogen-bond acceptors (Lipinski definition) is 6. The van der Waals surface area contributed by atoms with E-state index in [0.717, 1.165) is 17.5 Å². The number of amides is 1. The van der Waals surface area contributed by atoms with E-state index in [1.807, 2.05) is 36.4 Å². The molecule has 35 heavy (non-hydrogen) atoms. The summed E-state index contributed by atoms with van der Waals surface area (Å²) in [5.74, 6) is -0.910. The fourth-order valence-electron chi connectivity index (χ4n) is 4.07. The van der Waals surface area contributed by atoms with Gasteiger partial charge in [0.15, 0.2) is 11.5 Å². The Bertz CT molecular complexity index is 937. The molecule has 1 amide bonds. The lowest BCUT2D eigenvalue weighted by Gasteiger charge is -2.26. The van der Waals surface area contributed by atoms with E-state index in [1.165, 1.54) is 7.11 Å². The summed E-state index contributed by atoms with van der Waals surface area (Å²) in [7, 11) is 1.48. The lowest BCUT2D eigenvalue weighted by atomic mass is 9.89. The van der Waals surface area contributed by atoms with Crippen LogP contribution in [0.4, 0.5) is 0 Å². The van der Waals surface area contributed by atoms with Gasteiger partial charge in [-0.05, 0) is 68.3 Å². The number of benzene rings is 2. The molecule has 0 spiro atoms. The van der Waals surface area contributed by atoms with Crippen molar-refractivity contribution in [1.29, 1.82) is 0 Å². The third kappa shape index (κ3) is 9.22. The smallest absolute Gasteiger partial charge is 0.305 e. The van der Waals surface area contributed by atoms with Crippen molar-refractivity contribution in [1.82, 2.24) is 10.6 Å². The second kappa shape index (κ2) is 14.3. The third-order valence-corrected chi connectivity index (χ3v) is 6.21. The maximum Gasteiger partial charge on any atom is 0.305 e. The second-order valence-electron chi connectivity index (χ2n) is 8.83. The molecule has 5 N–H and O–H groups in total. The highest BCUT2D eigenvalue weighted by Crippen LogP contribution is 2.27. The fourth-order valence-corrected chi connectivity index (χ4v) is 4.07. The largest absolute Gasteiger partial charge is 0.504 e. The van der Waals surface area contributed by atoms with E-state index in [2.05, 4.69) is 17.6 Å². The summed E-state index contributed by atoms with van der Waals surface area (Å²) in [6.45, 7) is 4.21. The molecule has 8 heteroatoms. The first-order chi connectivity index (χ1) is 16.7. The minimum absolute atomic E-state index is 0.0613. The summed E-state index contributed by atoms with van der Waals surface area (Å²) in [5.41, 5.74) is 2.05. The Morgan fingerprint density at radius 1 is 1.11 bits per heavy atom. The van der Waals surface area contributed by atoms with Crippen LogP contribution < -0.4 is 15.4 Å². The lowest BCUT2D eigenvalue weighted by Crippen LogP contribution is -2.51. The minimum Gasteiger partial charge on any atom is -0.504 e. The van der Waals surface area contributed by atoms with Crippen LogP contribution in [-0.2, 0) is 16.0 Å². The summed E-state index contributed by atoms with van der Waals surface area (Å²) in [4.78, 5) is 24.1. The lowest BCUT2D eigenvalue weighted by molar-refractivity contribution is -0.140. The molecule has 2 aromatic rings. The maximum absolute atomic E-state index is 12.8. The molecular weight excluding hydrogens is 448 g/mol. The van der Waals surface area contributed by atoms with Crippen LogP contribution in [-0.4, -0.2) is 59.0 Å². The number of aromatic hydroxyl groups is 1. The number of phenols is 1. The van der Waals surface area contributed by atoms with Crippen LogP contribution in [0.3, 0.4) is 0 Å². The normalized spacial score (nSPS) is 14.5. The van der Waals surface area contributed by atoms with Crippen molar-refractivity contribution in [2.75, 3.05) is 13.7 Å². The van der Waals surface area contributed by atoms with Crippen molar-refractivity contribution in [3.05, 3.63) is 59.7 Å². The standard InChI is InChI=1S/C27H38N2O6/c1-4-20(21-10-6-5-7-11-21)16-23(30)18(2)29-27(34)22(17-26(32)33)28-14-8-9-19-12-13-25(35-3)24(31)15-19/h5-7,10-13,15,18,20,22-23,28,30-31H,4,8-9,14,16-17H2,1-3H3,(H,29,34)(H,32,33)/t18?,20-,22?,23?/m0/s1. The number of aliphatic hydroxyl groups is 1. The van der Waals surface area contributed by atoms with Gasteiger partial charge in [0.25, 0.3) is 0 Å². The Balaban J connectivity index is 1.87. The van der Waals surface area contributed by atoms with Crippen LogP contribution in [0.1, 0.15) is 56.6 Å². The number of aryl methyl sites for hydroxylation is 1. The Morgan fingerprint density at radius 2 is 1.83 bits per heavy atom. The molecule has 0 aromatic heterocycles. The van der Waals surface area contributed by atoms with Gasteiger partial charge in [-0.25, -0.2) is 0 Å². The second-order valence-corrected chi connectivity index (χ2v) is 8.83. The van der Waals surface area contributed by atoms with Crippen LogP contribution in [0.5, 0.6) is 11.5 Å². The number of methoxy groups -OCH3 is 1. The number of ether oxygens (including phenoxy) is 1. The average Bonchev–Trinajstić information content (AvgIpc) is 2.84. The molecular formula is C27H38N2O6. The molecule has 0 bridgehead atoms. The Hall–Kier alpha value is -3.10. The van der Waals surface area contributed by atoms with Crippen molar-refractivity contribution in [3.8, 4) is 11.5 Å². The van der Waals surface area contributed by atoms with Gasteiger partial charge in [-0.1, -0.05) is 43.3 Å². The number of phenolic OH excluding ortho intramolecular Hbond substituents is 1. The van der Waals surface area contributed by atoms with E-state index in [0.29, 0.717) is 31.6 Å². The Kier molecular flexibility index (Phi) is 11.5. The molecule has 0 aliphatic rings. The highest BCUT2D eigenvalue weighted by Gasteiger charge is 2.26. The van der Waals surface area contributed by atoms with Gasteiger partial charge in [-0.3, -0.25) is 9.59 Å². The highest BCUT2D eigenvalue weighted by molar-refractivity contribution is 5.86. The molecule has 2 aromatic carbocycles. The maximum atomic E-state index is 12.8. The summed E-state index contributed by atoms with van der Waals surface area (Å²) < 4.78 is 5.04. The first-order valence-electron chi connectivity index (χ1n) is 12.1. The van der Waals surface area contributed by atoms with Crippen LogP contribution in [0.15, 0.2) is 48.5 Å². The predicted molar refractivity (Wildman–Crippen MR) is 135 cm³/mol. The molecule has 0 aliphatic carbocycles. The average molecular weight is 487 g/mol. The van der Waals surface area contributed by atoms with Gasteiger partial charge in [0.1, 0.15) is 0 Å². The van der Waals surface area contributed by atoms with Gasteiger partial charge in [-0.2, -0.15) is 0 Å². The molecule has 0 radical (unpaired) electrons. The molecule has 0 fully saturated rings. The third-order valence-electron chi connectivity index (χ3n) is 6.21. The molecule has 192 valence electrons. The molecule has 4 atom stereocenters. The quantitative estimate of drug-likeness (QED) is 0.245. The highest BCUT2D eigenvalue weighted by atomic mass is 16.5. The number of carbonyl (C=O) groups is 2. The molecule has 2 rings (SSSR count). The first kappa shape index (κ1) is 28.1. The van der Waals surface area contributed by atoms with Crippen molar-refractivity contribution >= 4 is 11.9 Å². The van der Waals surface area contributed by atoms with Crippen molar-refractivity contribution in [2.45, 2.75) is 70.1 Å². The first-order valence-corrected chi connectivity index (χ1v) is 12.1. The summed E-state index contributed by atoms with van der Waals surface area (Å²) >= 11 is 0. The Labute approximate surface area is 207 Å². The van der Waals surface area contributed by atoms with Crippen molar-refractivity contribution < 1.29 is 29.6 Å². The van der Waals surface area contributed by atoms with E-state index in [9.17, 15) is 24.9 Å². The fraction of sp³-hybridized carbons (Fsp3) is 0.481. The zero-order valence-corrected chi connectivity index (χ0v) is 20.7. The molecule has 8 nitrogen and oxygen atoms in total. The Morgan fingerprint density at radius 3 is 2.43 bits per heavy atom. The number of carboxylic acids is 1. The van der Waals surface area contributed by atoms with Crippen molar-refractivity contribution in [2.24, 2.45) is 0 Å². The monoisotopic (exact) mass is 486 g/mol. The topological polar surface area (TPSA) is 128 Å². The summed E-state index contributed by atoms with van der Waals surface area (Å²) in [6, 6.07) is 13.7. The zero-order chi connectivity index (χ0) is 25.8. The summed E-state index contributed by atoms with van der Waals surface area (Å²) in [5, 5.41) is 35.7.